The van der Waals surface area contributed by atoms with E-state index in [1.165, 1.54) is 38.5 Å². The molecule has 2 saturated heterocycles. The molecule has 5 heteroatoms. The molecule has 0 spiro atoms. The first-order chi connectivity index (χ1) is 18.6. The van der Waals surface area contributed by atoms with E-state index < -0.39 is 5.92 Å². The molecule has 0 aliphatic carbocycles. The van der Waals surface area contributed by atoms with Crippen LogP contribution >= 0.6 is 0 Å². The molecule has 0 saturated carbocycles. The minimum absolute atomic E-state index is 0.0400. The molecule has 1 aromatic rings. The van der Waals surface area contributed by atoms with Crippen LogP contribution in [0.5, 0.6) is 0 Å². The van der Waals surface area contributed by atoms with Crippen molar-refractivity contribution in [1.82, 2.24) is 4.90 Å². The summed E-state index contributed by atoms with van der Waals surface area (Å²) in [5.74, 6) is 5.50. The van der Waals surface area contributed by atoms with Gasteiger partial charge in [0.1, 0.15) is 18.6 Å². The summed E-state index contributed by atoms with van der Waals surface area (Å²) in [4.78, 5) is 28.0. The van der Waals surface area contributed by atoms with Crippen LogP contribution in [0.25, 0.3) is 0 Å². The zero-order chi connectivity index (χ0) is 27.0. The molecule has 210 valence electrons. The maximum atomic E-state index is 13.2. The largest absolute Gasteiger partial charge is 0.464 e. The predicted octanol–water partition coefficient (Wildman–Crippen LogP) is 7.19. The maximum absolute atomic E-state index is 13.2. The number of fused-ring (bicyclic) bond motifs is 2. The van der Waals surface area contributed by atoms with Crippen molar-refractivity contribution in [2.45, 2.75) is 134 Å². The van der Waals surface area contributed by atoms with Crippen LogP contribution in [-0.4, -0.2) is 48.7 Å². The lowest BCUT2D eigenvalue weighted by Gasteiger charge is -2.36. The average Bonchev–Trinajstić information content (AvgIpc) is 3.11. The first-order valence-corrected chi connectivity index (χ1v) is 15.2. The van der Waals surface area contributed by atoms with Crippen LogP contribution in [0, 0.1) is 11.8 Å². The lowest BCUT2D eigenvalue weighted by molar-refractivity contribution is -0.158. The van der Waals surface area contributed by atoms with E-state index in [4.69, 9.17) is 9.47 Å². The van der Waals surface area contributed by atoms with Crippen LogP contribution in [0.1, 0.15) is 121 Å². The summed E-state index contributed by atoms with van der Waals surface area (Å²) < 4.78 is 11.6. The molecule has 0 N–H and O–H groups in total. The average molecular weight is 524 g/mol. The third-order valence-corrected chi connectivity index (χ3v) is 8.20. The van der Waals surface area contributed by atoms with Gasteiger partial charge in [0, 0.05) is 31.3 Å². The molecule has 2 aliphatic heterocycles. The SMILES string of the molecule is CCCCCCC#CCCCCCCCC(=O)OCC(C(=O)OC1C[C@H]2CC[C@@H](C1)N2C)c1ccccc1. The lowest BCUT2D eigenvalue weighted by Crippen LogP contribution is -2.44. The standard InChI is InChI=1S/C33H49NO4/c1-3-4-5-6-7-8-9-10-11-12-13-14-18-21-32(35)37-26-31(27-19-16-15-17-20-27)33(36)38-30-24-28-22-23-29(25-30)34(28)2/h15-17,19-20,28-31H,3-7,10-14,18,21-26H2,1-2H3/t28-,29+,30?,31?. The van der Waals surface area contributed by atoms with Crippen molar-refractivity contribution < 1.29 is 19.1 Å². The number of unbranched alkanes of at least 4 members (excludes halogenated alkanes) is 9. The fourth-order valence-corrected chi connectivity index (χ4v) is 5.77. The molecular formula is C33H49NO4. The van der Waals surface area contributed by atoms with Gasteiger partial charge in [-0.2, -0.15) is 0 Å². The Morgan fingerprint density at radius 3 is 2.16 bits per heavy atom. The molecular weight excluding hydrogens is 474 g/mol. The normalized spacial score (nSPS) is 21.4. The van der Waals surface area contributed by atoms with Crippen LogP contribution in [0.3, 0.4) is 0 Å². The van der Waals surface area contributed by atoms with Crippen molar-refractivity contribution in [2.24, 2.45) is 0 Å². The molecule has 1 aromatic carbocycles. The predicted molar refractivity (Wildman–Crippen MR) is 153 cm³/mol. The molecule has 2 unspecified atom stereocenters. The van der Waals surface area contributed by atoms with Gasteiger partial charge in [-0.05, 0) is 57.6 Å². The molecule has 0 radical (unpaired) electrons. The Hall–Kier alpha value is -2.32. The Bertz CT molecular complexity index is 875. The molecule has 3 rings (SSSR count). The highest BCUT2D eigenvalue weighted by Crippen LogP contribution is 2.36. The number of nitrogens with zero attached hydrogens (tertiary/aromatic N) is 1. The van der Waals surface area contributed by atoms with Gasteiger partial charge in [-0.15, -0.1) is 11.8 Å². The summed E-state index contributed by atoms with van der Waals surface area (Å²) in [5.41, 5.74) is 0.838. The first-order valence-electron chi connectivity index (χ1n) is 15.2. The fourth-order valence-electron chi connectivity index (χ4n) is 5.77. The molecule has 38 heavy (non-hydrogen) atoms. The fraction of sp³-hybridized carbons (Fsp3) is 0.697. The van der Waals surface area contributed by atoms with E-state index in [1.54, 1.807) is 0 Å². The summed E-state index contributed by atoms with van der Waals surface area (Å²) in [5, 5.41) is 0. The Morgan fingerprint density at radius 2 is 1.50 bits per heavy atom. The van der Waals surface area contributed by atoms with Crippen LogP contribution in [-0.2, 0) is 19.1 Å². The van der Waals surface area contributed by atoms with E-state index in [0.717, 1.165) is 63.4 Å². The Balaban J connectivity index is 1.31. The highest BCUT2D eigenvalue weighted by molar-refractivity contribution is 5.79. The topological polar surface area (TPSA) is 55.8 Å². The molecule has 4 atom stereocenters. The highest BCUT2D eigenvalue weighted by atomic mass is 16.6. The van der Waals surface area contributed by atoms with Crippen LogP contribution in [0.2, 0.25) is 0 Å². The number of hydrogen-bond donors (Lipinski definition) is 0. The van der Waals surface area contributed by atoms with Gasteiger partial charge in [-0.25, -0.2) is 0 Å². The summed E-state index contributed by atoms with van der Waals surface area (Å²) in [6.07, 6.45) is 16.9. The van der Waals surface area contributed by atoms with E-state index in [0.29, 0.717) is 18.5 Å². The number of piperidine rings is 1. The summed E-state index contributed by atoms with van der Waals surface area (Å²) >= 11 is 0. The quantitative estimate of drug-likeness (QED) is 0.130. The third-order valence-electron chi connectivity index (χ3n) is 8.20. The van der Waals surface area contributed by atoms with Crippen LogP contribution in [0.15, 0.2) is 30.3 Å². The summed E-state index contributed by atoms with van der Waals surface area (Å²) in [6.45, 7) is 2.27. The number of benzene rings is 1. The van der Waals surface area contributed by atoms with E-state index in [2.05, 4.69) is 30.7 Å². The van der Waals surface area contributed by atoms with E-state index in [-0.39, 0.29) is 24.6 Å². The second-order valence-corrected chi connectivity index (χ2v) is 11.2. The van der Waals surface area contributed by atoms with E-state index in [1.807, 2.05) is 30.3 Å². The third kappa shape index (κ3) is 10.4. The molecule has 5 nitrogen and oxygen atoms in total. The van der Waals surface area contributed by atoms with Gasteiger partial charge in [0.25, 0.3) is 0 Å². The van der Waals surface area contributed by atoms with Gasteiger partial charge < -0.3 is 14.4 Å². The Labute approximate surface area is 231 Å². The molecule has 2 heterocycles. The summed E-state index contributed by atoms with van der Waals surface area (Å²) in [6, 6.07) is 10.6. The molecule has 2 bridgehead atoms. The van der Waals surface area contributed by atoms with E-state index in [9.17, 15) is 9.59 Å². The highest BCUT2D eigenvalue weighted by Gasteiger charge is 2.40. The minimum Gasteiger partial charge on any atom is -0.464 e. The second-order valence-electron chi connectivity index (χ2n) is 11.2. The zero-order valence-electron chi connectivity index (χ0n) is 23.8. The minimum atomic E-state index is -0.579. The van der Waals surface area contributed by atoms with Crippen molar-refractivity contribution in [3.05, 3.63) is 35.9 Å². The number of carbonyl (C=O) groups is 2. The smallest absolute Gasteiger partial charge is 0.317 e. The molecule has 0 aromatic heterocycles. The van der Waals surface area contributed by atoms with Gasteiger partial charge in [0.05, 0.1) is 0 Å². The van der Waals surface area contributed by atoms with Crippen LogP contribution < -0.4 is 0 Å². The molecule has 2 fully saturated rings. The number of hydrogen-bond acceptors (Lipinski definition) is 5. The molecule has 2 aliphatic rings. The van der Waals surface area contributed by atoms with Gasteiger partial charge in [0.2, 0.25) is 0 Å². The number of esters is 2. The van der Waals surface area contributed by atoms with Gasteiger partial charge in [-0.1, -0.05) is 75.8 Å². The van der Waals surface area contributed by atoms with Crippen molar-refractivity contribution in [1.29, 1.82) is 0 Å². The van der Waals surface area contributed by atoms with Gasteiger partial charge >= 0.3 is 11.9 Å². The van der Waals surface area contributed by atoms with Gasteiger partial charge in [-0.3, -0.25) is 9.59 Å². The monoisotopic (exact) mass is 523 g/mol. The number of carbonyl (C=O) groups excluding carboxylic acids is 2. The summed E-state index contributed by atoms with van der Waals surface area (Å²) in [7, 11) is 2.18. The number of rotatable bonds is 16. The zero-order valence-corrected chi connectivity index (χ0v) is 23.8. The van der Waals surface area contributed by atoms with Crippen molar-refractivity contribution in [3.63, 3.8) is 0 Å². The van der Waals surface area contributed by atoms with Crippen molar-refractivity contribution >= 4 is 11.9 Å². The lowest BCUT2D eigenvalue weighted by atomic mass is 9.98. The maximum Gasteiger partial charge on any atom is 0.317 e. The van der Waals surface area contributed by atoms with Crippen molar-refractivity contribution in [2.75, 3.05) is 13.7 Å². The van der Waals surface area contributed by atoms with Gasteiger partial charge in [0.15, 0.2) is 0 Å². The number of ether oxygens (including phenoxy) is 2. The Kier molecular flexibility index (Phi) is 13.8. The van der Waals surface area contributed by atoms with Crippen molar-refractivity contribution in [3.8, 4) is 11.8 Å². The first kappa shape index (κ1) is 30.2. The second kappa shape index (κ2) is 17.3. The molecule has 0 amide bonds. The van der Waals surface area contributed by atoms with E-state index >= 15 is 0 Å². The Morgan fingerprint density at radius 1 is 0.895 bits per heavy atom. The van der Waals surface area contributed by atoms with Crippen LogP contribution in [0.4, 0.5) is 0 Å².